The van der Waals surface area contributed by atoms with E-state index in [4.69, 9.17) is 9.72 Å². The molecular weight excluding hydrogens is 386 g/mol. The summed E-state index contributed by atoms with van der Waals surface area (Å²) in [6.45, 7) is 15.3. The third kappa shape index (κ3) is 5.54. The molecule has 31 heavy (non-hydrogen) atoms. The van der Waals surface area contributed by atoms with E-state index < -0.39 is 0 Å². The van der Waals surface area contributed by atoms with Gasteiger partial charge < -0.3 is 14.6 Å². The maximum atomic E-state index is 12.1. The quantitative estimate of drug-likeness (QED) is 0.384. The van der Waals surface area contributed by atoms with Crippen molar-refractivity contribution in [3.8, 4) is 5.75 Å². The second-order valence-corrected chi connectivity index (χ2v) is 9.06. The van der Waals surface area contributed by atoms with E-state index in [1.54, 1.807) is 6.92 Å². The van der Waals surface area contributed by atoms with Gasteiger partial charge in [0.2, 0.25) is 5.91 Å². The number of fused-ring (bicyclic) bond motifs is 1. The normalized spacial score (nSPS) is 12.5. The minimum Gasteiger partial charge on any atom is -0.494 e. The molecule has 5 heteroatoms. The average molecular weight is 420 g/mol. The Kier molecular flexibility index (Phi) is 6.84. The molecule has 0 saturated heterocycles. The molecule has 2 aromatic carbocycles. The summed E-state index contributed by atoms with van der Waals surface area (Å²) in [6.07, 6.45) is 0.829. The minimum atomic E-state index is -0.220. The van der Waals surface area contributed by atoms with Crippen LogP contribution in [0.2, 0.25) is 0 Å². The predicted molar refractivity (Wildman–Crippen MR) is 126 cm³/mol. The van der Waals surface area contributed by atoms with Gasteiger partial charge in [0.25, 0.3) is 0 Å². The summed E-state index contributed by atoms with van der Waals surface area (Å²) in [5.74, 6) is 1.56. The molecule has 0 fully saturated rings. The van der Waals surface area contributed by atoms with Gasteiger partial charge in [0.15, 0.2) is 0 Å². The van der Waals surface area contributed by atoms with Gasteiger partial charge in [-0.05, 0) is 55.5 Å². The minimum absolute atomic E-state index is 0.133. The first kappa shape index (κ1) is 22.6. The molecule has 3 aromatic rings. The number of para-hydroxylation sites is 2. The lowest BCUT2D eigenvalue weighted by molar-refractivity contribution is -0.118. The van der Waals surface area contributed by atoms with E-state index in [9.17, 15) is 4.79 Å². The number of imidazole rings is 1. The number of hydrogen-bond acceptors (Lipinski definition) is 3. The summed E-state index contributed by atoms with van der Waals surface area (Å²) in [6, 6.07) is 16.1. The SMILES string of the molecule is C=C(C)C(=O)NC(C)c1nc2ccccc2n1CCCOc1ccc(C(C)(C)C)cc1. The van der Waals surface area contributed by atoms with Crippen molar-refractivity contribution in [2.24, 2.45) is 0 Å². The zero-order chi connectivity index (χ0) is 22.6. The van der Waals surface area contributed by atoms with Gasteiger partial charge in [0.05, 0.1) is 23.7 Å². The van der Waals surface area contributed by atoms with Crippen LogP contribution in [0.1, 0.15) is 58.5 Å². The van der Waals surface area contributed by atoms with Gasteiger partial charge in [-0.1, -0.05) is 51.6 Å². The van der Waals surface area contributed by atoms with Crippen molar-refractivity contribution in [2.45, 2.75) is 59.0 Å². The van der Waals surface area contributed by atoms with Crippen LogP contribution in [0.15, 0.2) is 60.7 Å². The van der Waals surface area contributed by atoms with Crippen LogP contribution < -0.4 is 10.1 Å². The van der Waals surface area contributed by atoms with Crippen LogP contribution in [0.25, 0.3) is 11.0 Å². The molecule has 1 N–H and O–H groups in total. The number of benzene rings is 2. The molecule has 0 bridgehead atoms. The molecule has 1 heterocycles. The molecule has 0 aliphatic heterocycles. The summed E-state index contributed by atoms with van der Waals surface area (Å²) >= 11 is 0. The Bertz CT molecular complexity index is 1060. The number of nitrogens with one attached hydrogen (secondary N) is 1. The second kappa shape index (κ2) is 9.38. The summed E-state index contributed by atoms with van der Waals surface area (Å²) in [5.41, 5.74) is 3.89. The average Bonchev–Trinajstić information content (AvgIpc) is 3.09. The first-order valence-corrected chi connectivity index (χ1v) is 10.8. The summed E-state index contributed by atoms with van der Waals surface area (Å²) in [7, 11) is 0. The molecule has 1 unspecified atom stereocenters. The third-order valence-electron chi connectivity index (χ3n) is 5.32. The lowest BCUT2D eigenvalue weighted by Gasteiger charge is -2.19. The zero-order valence-corrected chi connectivity index (χ0v) is 19.2. The van der Waals surface area contributed by atoms with Gasteiger partial charge in [-0.25, -0.2) is 4.98 Å². The van der Waals surface area contributed by atoms with E-state index in [1.165, 1.54) is 5.56 Å². The first-order valence-electron chi connectivity index (χ1n) is 10.8. The number of carbonyl (C=O) groups excluding carboxylic acids is 1. The van der Waals surface area contributed by atoms with Gasteiger partial charge in [0.1, 0.15) is 11.6 Å². The number of nitrogens with zero attached hydrogens (tertiary/aromatic N) is 2. The highest BCUT2D eigenvalue weighted by atomic mass is 16.5. The van der Waals surface area contributed by atoms with Crippen molar-refractivity contribution < 1.29 is 9.53 Å². The molecule has 0 saturated carbocycles. The maximum absolute atomic E-state index is 12.1. The summed E-state index contributed by atoms with van der Waals surface area (Å²) < 4.78 is 8.14. The van der Waals surface area contributed by atoms with E-state index in [2.05, 4.69) is 55.4 Å². The highest BCUT2D eigenvalue weighted by Crippen LogP contribution is 2.25. The Labute approximate surface area is 185 Å². The van der Waals surface area contributed by atoms with E-state index in [0.29, 0.717) is 12.2 Å². The number of carbonyl (C=O) groups is 1. The lowest BCUT2D eigenvalue weighted by atomic mass is 9.87. The van der Waals surface area contributed by atoms with Crippen LogP contribution in [-0.2, 0) is 16.8 Å². The van der Waals surface area contributed by atoms with Crippen molar-refractivity contribution >= 4 is 16.9 Å². The van der Waals surface area contributed by atoms with Gasteiger partial charge in [-0.15, -0.1) is 0 Å². The first-order chi connectivity index (χ1) is 14.7. The lowest BCUT2D eigenvalue weighted by Crippen LogP contribution is -2.29. The molecule has 1 atom stereocenters. The van der Waals surface area contributed by atoms with Gasteiger partial charge in [-0.2, -0.15) is 0 Å². The number of aryl methyl sites for hydroxylation is 1. The van der Waals surface area contributed by atoms with Crippen LogP contribution in [-0.4, -0.2) is 22.1 Å². The van der Waals surface area contributed by atoms with E-state index >= 15 is 0 Å². The molecule has 5 nitrogen and oxygen atoms in total. The molecule has 1 aromatic heterocycles. The maximum Gasteiger partial charge on any atom is 0.246 e. The second-order valence-electron chi connectivity index (χ2n) is 9.06. The highest BCUT2D eigenvalue weighted by Gasteiger charge is 2.18. The van der Waals surface area contributed by atoms with Crippen molar-refractivity contribution in [3.05, 3.63) is 72.1 Å². The van der Waals surface area contributed by atoms with Crippen molar-refractivity contribution in [2.75, 3.05) is 6.61 Å². The highest BCUT2D eigenvalue weighted by molar-refractivity contribution is 5.92. The van der Waals surface area contributed by atoms with Gasteiger partial charge in [0, 0.05) is 12.1 Å². The molecular formula is C26H33N3O2. The molecule has 3 rings (SSSR count). The predicted octanol–water partition coefficient (Wildman–Crippen LogP) is 5.56. The Morgan fingerprint density at radius 3 is 2.48 bits per heavy atom. The fraction of sp³-hybridized carbons (Fsp3) is 0.385. The topological polar surface area (TPSA) is 56.2 Å². The standard InChI is InChI=1S/C26H33N3O2/c1-18(2)25(30)27-19(3)24-28-22-10-7-8-11-23(22)29(24)16-9-17-31-21-14-12-20(13-15-21)26(4,5)6/h7-8,10-15,19H,1,9,16-17H2,2-6H3,(H,27,30). The molecule has 0 spiro atoms. The summed E-state index contributed by atoms with van der Waals surface area (Å²) in [5, 5.41) is 2.98. The smallest absolute Gasteiger partial charge is 0.246 e. The monoisotopic (exact) mass is 419 g/mol. The Morgan fingerprint density at radius 1 is 1.16 bits per heavy atom. The van der Waals surface area contributed by atoms with E-state index in [-0.39, 0.29) is 17.4 Å². The van der Waals surface area contributed by atoms with Gasteiger partial charge >= 0.3 is 0 Å². The zero-order valence-electron chi connectivity index (χ0n) is 19.2. The molecule has 0 aliphatic rings. The molecule has 0 aliphatic carbocycles. The molecule has 0 radical (unpaired) electrons. The Hall–Kier alpha value is -3.08. The van der Waals surface area contributed by atoms with E-state index in [0.717, 1.165) is 35.6 Å². The van der Waals surface area contributed by atoms with Crippen LogP contribution in [0.3, 0.4) is 0 Å². The Morgan fingerprint density at radius 2 is 1.84 bits per heavy atom. The van der Waals surface area contributed by atoms with Crippen LogP contribution >= 0.6 is 0 Å². The fourth-order valence-electron chi connectivity index (χ4n) is 3.51. The number of hydrogen-bond donors (Lipinski definition) is 1. The van der Waals surface area contributed by atoms with Crippen LogP contribution in [0.5, 0.6) is 5.75 Å². The van der Waals surface area contributed by atoms with Crippen molar-refractivity contribution in [1.82, 2.24) is 14.9 Å². The van der Waals surface area contributed by atoms with Gasteiger partial charge in [-0.3, -0.25) is 4.79 Å². The van der Waals surface area contributed by atoms with E-state index in [1.807, 2.05) is 37.3 Å². The third-order valence-corrected chi connectivity index (χ3v) is 5.32. The number of ether oxygens (including phenoxy) is 1. The van der Waals surface area contributed by atoms with Crippen molar-refractivity contribution in [3.63, 3.8) is 0 Å². The number of aromatic nitrogens is 2. The fourth-order valence-corrected chi connectivity index (χ4v) is 3.51. The number of rotatable bonds is 8. The largest absolute Gasteiger partial charge is 0.494 e. The van der Waals surface area contributed by atoms with Crippen LogP contribution in [0, 0.1) is 0 Å². The van der Waals surface area contributed by atoms with Crippen LogP contribution in [0.4, 0.5) is 0 Å². The molecule has 1 amide bonds. The summed E-state index contributed by atoms with van der Waals surface area (Å²) in [4.78, 5) is 16.9. The van der Waals surface area contributed by atoms with Crippen molar-refractivity contribution in [1.29, 1.82) is 0 Å². The molecule has 164 valence electrons. The Balaban J connectivity index is 1.68. The number of amides is 1.